The number of hydrogen-bond acceptors (Lipinski definition) is 2. The standard InChI is InChI=1S/C18H18N2O2/c21-16-11-12-20(13-14-7-3-1-4-8-14)18(22)17(19-16)15-9-5-2-6-10-15/h1-10,17H,11-13H2,(H,19,21)/t17-/m0/s1. The molecule has 2 amide bonds. The van der Waals surface area contributed by atoms with Gasteiger partial charge < -0.3 is 10.2 Å². The van der Waals surface area contributed by atoms with E-state index >= 15 is 0 Å². The van der Waals surface area contributed by atoms with Gasteiger partial charge in [-0.3, -0.25) is 9.59 Å². The van der Waals surface area contributed by atoms with Crippen LogP contribution in [0.2, 0.25) is 0 Å². The lowest BCUT2D eigenvalue weighted by molar-refractivity contribution is -0.134. The van der Waals surface area contributed by atoms with Crippen LogP contribution in [0.15, 0.2) is 60.7 Å². The quantitative estimate of drug-likeness (QED) is 0.944. The Balaban J connectivity index is 1.85. The number of nitrogens with zero attached hydrogens (tertiary/aromatic N) is 1. The molecule has 0 aliphatic carbocycles. The molecule has 0 radical (unpaired) electrons. The molecule has 112 valence electrons. The fourth-order valence-electron chi connectivity index (χ4n) is 2.66. The lowest BCUT2D eigenvalue weighted by atomic mass is 10.1. The Kier molecular flexibility index (Phi) is 4.19. The molecule has 0 saturated carbocycles. The molecule has 1 aliphatic rings. The summed E-state index contributed by atoms with van der Waals surface area (Å²) in [5, 5.41) is 2.83. The van der Waals surface area contributed by atoms with Gasteiger partial charge in [0.15, 0.2) is 0 Å². The van der Waals surface area contributed by atoms with Gasteiger partial charge in [0.25, 0.3) is 0 Å². The fraction of sp³-hybridized carbons (Fsp3) is 0.222. The third-order valence-corrected chi connectivity index (χ3v) is 3.82. The van der Waals surface area contributed by atoms with E-state index in [1.807, 2.05) is 60.7 Å². The molecule has 1 saturated heterocycles. The first-order chi connectivity index (χ1) is 10.7. The van der Waals surface area contributed by atoms with E-state index in [9.17, 15) is 9.59 Å². The molecule has 1 aliphatic heterocycles. The zero-order chi connectivity index (χ0) is 15.4. The van der Waals surface area contributed by atoms with Gasteiger partial charge in [0.05, 0.1) is 0 Å². The van der Waals surface area contributed by atoms with Crippen molar-refractivity contribution in [3.63, 3.8) is 0 Å². The lowest BCUT2D eigenvalue weighted by Crippen LogP contribution is -2.38. The predicted octanol–water partition coefficient (Wildman–Crippen LogP) is 2.28. The van der Waals surface area contributed by atoms with Gasteiger partial charge in [-0.2, -0.15) is 0 Å². The Morgan fingerprint density at radius 3 is 2.27 bits per heavy atom. The van der Waals surface area contributed by atoms with E-state index in [0.29, 0.717) is 19.5 Å². The topological polar surface area (TPSA) is 49.4 Å². The molecule has 1 fully saturated rings. The molecule has 0 unspecified atom stereocenters. The number of hydrogen-bond donors (Lipinski definition) is 1. The van der Waals surface area contributed by atoms with Crippen LogP contribution in [-0.2, 0) is 16.1 Å². The fourth-order valence-corrected chi connectivity index (χ4v) is 2.66. The van der Waals surface area contributed by atoms with Crippen LogP contribution in [0.25, 0.3) is 0 Å². The molecular weight excluding hydrogens is 276 g/mol. The van der Waals surface area contributed by atoms with Crippen molar-refractivity contribution < 1.29 is 9.59 Å². The maximum absolute atomic E-state index is 12.8. The van der Waals surface area contributed by atoms with Gasteiger partial charge in [-0.25, -0.2) is 0 Å². The molecular formula is C18H18N2O2. The highest BCUT2D eigenvalue weighted by atomic mass is 16.2. The van der Waals surface area contributed by atoms with Crippen molar-refractivity contribution in [3.05, 3.63) is 71.8 Å². The van der Waals surface area contributed by atoms with Gasteiger partial charge in [0, 0.05) is 19.5 Å². The first-order valence-corrected chi connectivity index (χ1v) is 7.41. The Morgan fingerprint density at radius 2 is 1.59 bits per heavy atom. The Hall–Kier alpha value is -2.62. The van der Waals surface area contributed by atoms with Crippen LogP contribution in [0, 0.1) is 0 Å². The minimum Gasteiger partial charge on any atom is -0.340 e. The van der Waals surface area contributed by atoms with Crippen LogP contribution in [0.4, 0.5) is 0 Å². The van der Waals surface area contributed by atoms with Gasteiger partial charge in [-0.1, -0.05) is 60.7 Å². The van der Waals surface area contributed by atoms with Crippen molar-refractivity contribution >= 4 is 11.8 Å². The van der Waals surface area contributed by atoms with E-state index in [-0.39, 0.29) is 11.8 Å². The molecule has 0 spiro atoms. The molecule has 4 heteroatoms. The minimum atomic E-state index is -0.597. The second-order valence-electron chi connectivity index (χ2n) is 5.41. The lowest BCUT2D eigenvalue weighted by Gasteiger charge is -2.24. The summed E-state index contributed by atoms with van der Waals surface area (Å²) in [4.78, 5) is 26.5. The number of amides is 2. The zero-order valence-corrected chi connectivity index (χ0v) is 12.2. The smallest absolute Gasteiger partial charge is 0.250 e. The monoisotopic (exact) mass is 294 g/mol. The van der Waals surface area contributed by atoms with Crippen LogP contribution in [-0.4, -0.2) is 23.3 Å². The second-order valence-corrected chi connectivity index (χ2v) is 5.41. The second kappa shape index (κ2) is 6.43. The molecule has 3 rings (SSSR count). The van der Waals surface area contributed by atoms with Crippen molar-refractivity contribution in [3.8, 4) is 0 Å². The SMILES string of the molecule is O=C1CCN(Cc2ccccc2)C(=O)[C@H](c2ccccc2)N1. The van der Waals surface area contributed by atoms with Crippen LogP contribution < -0.4 is 5.32 Å². The summed E-state index contributed by atoms with van der Waals surface area (Å²) in [7, 11) is 0. The van der Waals surface area contributed by atoms with Crippen molar-refractivity contribution in [2.45, 2.75) is 19.0 Å². The van der Waals surface area contributed by atoms with Gasteiger partial charge >= 0.3 is 0 Å². The van der Waals surface area contributed by atoms with Gasteiger partial charge in [-0.15, -0.1) is 0 Å². The molecule has 2 aromatic carbocycles. The summed E-state index contributed by atoms with van der Waals surface area (Å²) in [5.74, 6) is -0.140. The molecule has 1 atom stereocenters. The first kappa shape index (κ1) is 14.3. The number of nitrogens with one attached hydrogen (secondary N) is 1. The van der Waals surface area contributed by atoms with E-state index in [2.05, 4.69) is 5.32 Å². The summed E-state index contributed by atoms with van der Waals surface area (Å²) >= 11 is 0. The molecule has 0 aromatic heterocycles. The predicted molar refractivity (Wildman–Crippen MR) is 83.8 cm³/mol. The van der Waals surface area contributed by atoms with Crippen LogP contribution in [0.1, 0.15) is 23.6 Å². The molecule has 0 bridgehead atoms. The van der Waals surface area contributed by atoms with Crippen LogP contribution in [0.3, 0.4) is 0 Å². The summed E-state index contributed by atoms with van der Waals surface area (Å²) < 4.78 is 0. The zero-order valence-electron chi connectivity index (χ0n) is 12.2. The Morgan fingerprint density at radius 1 is 0.955 bits per heavy atom. The normalized spacial score (nSPS) is 18.7. The maximum Gasteiger partial charge on any atom is 0.250 e. The third kappa shape index (κ3) is 3.17. The molecule has 1 N–H and O–H groups in total. The number of carbonyl (C=O) groups is 2. The highest BCUT2D eigenvalue weighted by molar-refractivity contribution is 5.90. The average Bonchev–Trinajstić information content (AvgIpc) is 2.70. The van der Waals surface area contributed by atoms with Gasteiger partial charge in [0.1, 0.15) is 6.04 Å². The maximum atomic E-state index is 12.8. The van der Waals surface area contributed by atoms with Crippen molar-refractivity contribution in [1.82, 2.24) is 10.2 Å². The summed E-state index contributed by atoms with van der Waals surface area (Å²) in [6.45, 7) is 0.973. The van der Waals surface area contributed by atoms with E-state index in [0.717, 1.165) is 11.1 Å². The summed E-state index contributed by atoms with van der Waals surface area (Å²) in [5.41, 5.74) is 1.89. The van der Waals surface area contributed by atoms with E-state index in [1.54, 1.807) is 4.90 Å². The first-order valence-electron chi connectivity index (χ1n) is 7.41. The Labute approximate surface area is 129 Å². The molecule has 22 heavy (non-hydrogen) atoms. The van der Waals surface area contributed by atoms with E-state index in [4.69, 9.17) is 0 Å². The molecule has 2 aromatic rings. The highest BCUT2D eigenvalue weighted by Crippen LogP contribution is 2.20. The van der Waals surface area contributed by atoms with Crippen molar-refractivity contribution in [2.24, 2.45) is 0 Å². The minimum absolute atomic E-state index is 0.0547. The largest absolute Gasteiger partial charge is 0.340 e. The van der Waals surface area contributed by atoms with Gasteiger partial charge in [-0.05, 0) is 11.1 Å². The van der Waals surface area contributed by atoms with E-state index < -0.39 is 6.04 Å². The average molecular weight is 294 g/mol. The van der Waals surface area contributed by atoms with Crippen molar-refractivity contribution in [2.75, 3.05) is 6.54 Å². The summed E-state index contributed by atoms with van der Waals surface area (Å²) in [6.07, 6.45) is 0.335. The molecule has 4 nitrogen and oxygen atoms in total. The van der Waals surface area contributed by atoms with Gasteiger partial charge in [0.2, 0.25) is 11.8 Å². The molecule has 1 heterocycles. The number of carbonyl (C=O) groups excluding carboxylic acids is 2. The van der Waals surface area contributed by atoms with E-state index in [1.165, 1.54) is 0 Å². The van der Waals surface area contributed by atoms with Crippen LogP contribution in [0.5, 0.6) is 0 Å². The highest BCUT2D eigenvalue weighted by Gasteiger charge is 2.30. The number of benzene rings is 2. The number of rotatable bonds is 3. The van der Waals surface area contributed by atoms with Crippen LogP contribution >= 0.6 is 0 Å². The van der Waals surface area contributed by atoms with Crippen molar-refractivity contribution in [1.29, 1.82) is 0 Å². The Bertz CT molecular complexity index is 655. The third-order valence-electron chi connectivity index (χ3n) is 3.82. The summed E-state index contributed by atoms with van der Waals surface area (Å²) in [6, 6.07) is 18.6.